The van der Waals surface area contributed by atoms with Gasteiger partial charge in [-0.2, -0.15) is 0 Å². The highest BCUT2D eigenvalue weighted by Gasteiger charge is 2.20. The summed E-state index contributed by atoms with van der Waals surface area (Å²) >= 11 is 8.99. The van der Waals surface area contributed by atoms with Gasteiger partial charge >= 0.3 is 0 Å². The summed E-state index contributed by atoms with van der Waals surface area (Å²) < 4.78 is 0. The van der Waals surface area contributed by atoms with Gasteiger partial charge < -0.3 is 5.32 Å². The monoisotopic (exact) mass is 389 g/mol. The molecule has 1 aromatic carbocycles. The van der Waals surface area contributed by atoms with Crippen molar-refractivity contribution in [3.8, 4) is 10.7 Å². The first kappa shape index (κ1) is 17.9. The average molecular weight is 390 g/mol. The van der Waals surface area contributed by atoms with Crippen LogP contribution in [0.5, 0.6) is 0 Å². The predicted molar refractivity (Wildman–Crippen MR) is 106 cm³/mol. The van der Waals surface area contributed by atoms with E-state index in [1.165, 1.54) is 11.8 Å². The quantitative estimate of drug-likeness (QED) is 0.476. The molecule has 7 heteroatoms. The van der Waals surface area contributed by atoms with Crippen molar-refractivity contribution in [1.82, 2.24) is 9.97 Å². The van der Waals surface area contributed by atoms with Gasteiger partial charge in [0.1, 0.15) is 5.03 Å². The number of aryl methyl sites for hydroxylation is 2. The van der Waals surface area contributed by atoms with Crippen LogP contribution in [-0.2, 0) is 0 Å². The Bertz CT molecular complexity index is 926. The van der Waals surface area contributed by atoms with E-state index >= 15 is 0 Å². The largest absolute Gasteiger partial charge is 0.322 e. The zero-order chi connectivity index (χ0) is 18.0. The standard InChI is InChI=1S/C18H16ClN3OS2/c1-10-9-12(19)6-7-13(10)21-17(23)15-11(2)20-16(22-18(15)24-3)14-5-4-8-25-14/h4-9H,1-3H3,(H,21,23). The number of aromatic nitrogens is 2. The van der Waals surface area contributed by atoms with E-state index < -0.39 is 0 Å². The first-order valence-electron chi connectivity index (χ1n) is 7.53. The van der Waals surface area contributed by atoms with Gasteiger partial charge in [-0.25, -0.2) is 9.97 Å². The molecule has 0 radical (unpaired) electrons. The Morgan fingerprint density at radius 1 is 1.24 bits per heavy atom. The third-order valence-corrected chi connectivity index (χ3v) is 5.44. The van der Waals surface area contributed by atoms with Crippen LogP contribution in [0, 0.1) is 13.8 Å². The molecule has 0 saturated carbocycles. The van der Waals surface area contributed by atoms with Gasteiger partial charge in [-0.15, -0.1) is 23.1 Å². The molecule has 1 amide bonds. The third kappa shape index (κ3) is 3.86. The lowest BCUT2D eigenvalue weighted by Crippen LogP contribution is -2.17. The smallest absolute Gasteiger partial charge is 0.260 e. The molecule has 0 aliphatic carbocycles. The molecule has 3 rings (SSSR count). The highest BCUT2D eigenvalue weighted by Crippen LogP contribution is 2.28. The molecule has 4 nitrogen and oxygen atoms in total. The second kappa shape index (κ2) is 7.56. The van der Waals surface area contributed by atoms with Crippen LogP contribution in [0.25, 0.3) is 10.7 Å². The lowest BCUT2D eigenvalue weighted by molar-refractivity contribution is 0.102. The number of amides is 1. The molecule has 0 fully saturated rings. The number of thioether (sulfide) groups is 1. The summed E-state index contributed by atoms with van der Waals surface area (Å²) in [5.41, 5.74) is 2.79. The molecule has 2 aromatic heterocycles. The van der Waals surface area contributed by atoms with Gasteiger partial charge in [0.25, 0.3) is 5.91 Å². The fraction of sp³-hybridized carbons (Fsp3) is 0.167. The molecule has 1 N–H and O–H groups in total. The molecule has 25 heavy (non-hydrogen) atoms. The number of benzene rings is 1. The van der Waals surface area contributed by atoms with Crippen LogP contribution in [0.2, 0.25) is 5.02 Å². The molecule has 0 saturated heterocycles. The molecule has 0 unspecified atom stereocenters. The number of hydrogen-bond donors (Lipinski definition) is 1. The minimum Gasteiger partial charge on any atom is -0.322 e. The summed E-state index contributed by atoms with van der Waals surface area (Å²) in [7, 11) is 0. The van der Waals surface area contributed by atoms with Crippen LogP contribution in [0.1, 0.15) is 21.6 Å². The van der Waals surface area contributed by atoms with Crippen LogP contribution in [-0.4, -0.2) is 22.1 Å². The second-order valence-electron chi connectivity index (χ2n) is 5.41. The topological polar surface area (TPSA) is 54.9 Å². The maximum absolute atomic E-state index is 12.8. The van der Waals surface area contributed by atoms with Crippen LogP contribution in [0.15, 0.2) is 40.7 Å². The highest BCUT2D eigenvalue weighted by atomic mass is 35.5. The average Bonchev–Trinajstić information content (AvgIpc) is 3.11. The van der Waals surface area contributed by atoms with Crippen molar-refractivity contribution in [2.45, 2.75) is 18.9 Å². The summed E-state index contributed by atoms with van der Waals surface area (Å²) in [6.07, 6.45) is 1.91. The summed E-state index contributed by atoms with van der Waals surface area (Å²) in [5, 5.41) is 6.22. The number of hydrogen-bond acceptors (Lipinski definition) is 5. The Morgan fingerprint density at radius 2 is 2.04 bits per heavy atom. The SMILES string of the molecule is CSc1nc(-c2cccs2)nc(C)c1C(=O)Nc1ccc(Cl)cc1C. The second-order valence-corrected chi connectivity index (χ2v) is 7.59. The summed E-state index contributed by atoms with van der Waals surface area (Å²) in [6, 6.07) is 9.30. The molecule has 0 aliphatic rings. The molecule has 0 bridgehead atoms. The van der Waals surface area contributed by atoms with Crippen molar-refractivity contribution in [1.29, 1.82) is 0 Å². The van der Waals surface area contributed by atoms with Crippen molar-refractivity contribution in [3.05, 3.63) is 57.6 Å². The molecule has 0 spiro atoms. The number of nitrogens with one attached hydrogen (secondary N) is 1. The van der Waals surface area contributed by atoms with E-state index in [1.54, 1.807) is 23.5 Å². The zero-order valence-electron chi connectivity index (χ0n) is 14.0. The van der Waals surface area contributed by atoms with Gasteiger partial charge in [0.2, 0.25) is 0 Å². The fourth-order valence-electron chi connectivity index (χ4n) is 2.42. The van der Waals surface area contributed by atoms with Gasteiger partial charge in [0.15, 0.2) is 5.82 Å². The predicted octanol–water partition coefficient (Wildman–Crippen LogP) is 5.45. The summed E-state index contributed by atoms with van der Waals surface area (Å²) in [4.78, 5) is 22.9. The summed E-state index contributed by atoms with van der Waals surface area (Å²) in [6.45, 7) is 3.74. The number of anilines is 1. The van der Waals surface area contributed by atoms with Crippen molar-refractivity contribution >= 4 is 46.3 Å². The van der Waals surface area contributed by atoms with Crippen LogP contribution >= 0.6 is 34.7 Å². The van der Waals surface area contributed by atoms with E-state index in [0.29, 0.717) is 27.1 Å². The molecule has 3 aromatic rings. The number of halogens is 1. The van der Waals surface area contributed by atoms with Crippen molar-refractivity contribution in [2.24, 2.45) is 0 Å². The van der Waals surface area contributed by atoms with Gasteiger partial charge in [-0.3, -0.25) is 4.79 Å². The Morgan fingerprint density at radius 3 is 2.68 bits per heavy atom. The van der Waals surface area contributed by atoms with Crippen molar-refractivity contribution in [2.75, 3.05) is 11.6 Å². The number of nitrogens with zero attached hydrogens (tertiary/aromatic N) is 2. The Labute approximate surface area is 159 Å². The minimum atomic E-state index is -0.218. The molecular weight excluding hydrogens is 374 g/mol. The van der Waals surface area contributed by atoms with E-state index in [9.17, 15) is 4.79 Å². The van der Waals surface area contributed by atoms with E-state index in [4.69, 9.17) is 11.6 Å². The molecule has 0 aliphatic heterocycles. The minimum absolute atomic E-state index is 0.218. The number of rotatable bonds is 4. The van der Waals surface area contributed by atoms with E-state index in [1.807, 2.05) is 43.7 Å². The van der Waals surface area contributed by atoms with Gasteiger partial charge in [0.05, 0.1) is 16.1 Å². The zero-order valence-corrected chi connectivity index (χ0v) is 16.4. The van der Waals surface area contributed by atoms with Crippen molar-refractivity contribution in [3.63, 3.8) is 0 Å². The first-order valence-corrected chi connectivity index (χ1v) is 10.0. The lowest BCUT2D eigenvalue weighted by atomic mass is 10.1. The lowest BCUT2D eigenvalue weighted by Gasteiger charge is -2.13. The van der Waals surface area contributed by atoms with Gasteiger partial charge in [-0.05, 0) is 55.3 Å². The van der Waals surface area contributed by atoms with E-state index in [2.05, 4.69) is 15.3 Å². The molecular formula is C18H16ClN3OS2. The normalized spacial score (nSPS) is 10.7. The molecule has 0 atom stereocenters. The van der Waals surface area contributed by atoms with E-state index in [-0.39, 0.29) is 5.91 Å². The number of carbonyl (C=O) groups is 1. The number of carbonyl (C=O) groups excluding carboxylic acids is 1. The number of thiophene rings is 1. The van der Waals surface area contributed by atoms with Gasteiger partial charge in [0, 0.05) is 10.7 Å². The first-order chi connectivity index (χ1) is 12.0. The van der Waals surface area contributed by atoms with Crippen LogP contribution in [0.4, 0.5) is 5.69 Å². The summed E-state index contributed by atoms with van der Waals surface area (Å²) in [5.74, 6) is 0.432. The van der Waals surface area contributed by atoms with Crippen molar-refractivity contribution < 1.29 is 4.79 Å². The fourth-order valence-corrected chi connectivity index (χ4v) is 3.93. The Balaban J connectivity index is 1.97. The molecule has 2 heterocycles. The van der Waals surface area contributed by atoms with Crippen LogP contribution < -0.4 is 5.32 Å². The highest BCUT2D eigenvalue weighted by molar-refractivity contribution is 7.98. The van der Waals surface area contributed by atoms with E-state index in [0.717, 1.165) is 16.1 Å². The maximum atomic E-state index is 12.8. The maximum Gasteiger partial charge on any atom is 0.260 e. The third-order valence-electron chi connectivity index (χ3n) is 3.66. The van der Waals surface area contributed by atoms with Gasteiger partial charge in [-0.1, -0.05) is 17.7 Å². The molecule has 128 valence electrons. The van der Waals surface area contributed by atoms with Crippen LogP contribution in [0.3, 0.4) is 0 Å². The Kier molecular flexibility index (Phi) is 5.42. The Hall–Kier alpha value is -1.89.